The number of carbonyl (C=O) groups excluding carboxylic acids is 1. The monoisotopic (exact) mass is 305 g/mol. The van der Waals surface area contributed by atoms with Crippen LogP contribution in [0.5, 0.6) is 0 Å². The van der Waals surface area contributed by atoms with Gasteiger partial charge in [-0.2, -0.15) is 0 Å². The number of nitrogens with two attached hydrogens (primary N) is 1. The van der Waals surface area contributed by atoms with E-state index in [1.165, 1.54) is 24.3 Å². The number of carbonyl (C=O) groups is 1. The van der Waals surface area contributed by atoms with Crippen LogP contribution >= 0.6 is 0 Å². The zero-order valence-electron chi connectivity index (χ0n) is 11.3. The molecule has 2 rings (SSSR count). The van der Waals surface area contributed by atoms with E-state index in [-0.39, 0.29) is 4.90 Å². The quantitative estimate of drug-likeness (QED) is 0.810. The molecule has 0 fully saturated rings. The molecule has 0 bridgehead atoms. The first-order chi connectivity index (χ1) is 9.84. The van der Waals surface area contributed by atoms with Gasteiger partial charge in [0, 0.05) is 11.4 Å². The van der Waals surface area contributed by atoms with E-state index in [4.69, 9.17) is 5.14 Å². The number of benzene rings is 2. The molecule has 0 heterocycles. The summed E-state index contributed by atoms with van der Waals surface area (Å²) in [6.07, 6.45) is 0. The van der Waals surface area contributed by atoms with Gasteiger partial charge < -0.3 is 10.6 Å². The van der Waals surface area contributed by atoms with Crippen LogP contribution in [0.25, 0.3) is 0 Å². The number of hydrogen-bond acceptors (Lipinski definition) is 3. The zero-order chi connectivity index (χ0) is 15.5. The van der Waals surface area contributed by atoms with Crippen molar-refractivity contribution < 1.29 is 13.2 Å². The van der Waals surface area contributed by atoms with Crippen LogP contribution < -0.4 is 15.8 Å². The highest BCUT2D eigenvalue weighted by Crippen LogP contribution is 2.14. The number of hydrogen-bond donors (Lipinski definition) is 3. The van der Waals surface area contributed by atoms with E-state index in [0.717, 1.165) is 5.56 Å². The fourth-order valence-corrected chi connectivity index (χ4v) is 2.26. The zero-order valence-corrected chi connectivity index (χ0v) is 12.1. The van der Waals surface area contributed by atoms with Crippen LogP contribution in [0.2, 0.25) is 0 Å². The maximum absolute atomic E-state index is 11.8. The van der Waals surface area contributed by atoms with Gasteiger partial charge in [0.2, 0.25) is 10.0 Å². The van der Waals surface area contributed by atoms with Crippen molar-refractivity contribution in [3.05, 3.63) is 54.1 Å². The topological polar surface area (TPSA) is 101 Å². The molecule has 2 aromatic rings. The molecule has 2 amide bonds. The molecule has 0 aliphatic heterocycles. The fourth-order valence-electron chi connectivity index (χ4n) is 1.74. The molecule has 0 saturated carbocycles. The average Bonchev–Trinajstić information content (AvgIpc) is 2.38. The summed E-state index contributed by atoms with van der Waals surface area (Å²) in [6.45, 7) is 1.93. The van der Waals surface area contributed by atoms with Gasteiger partial charge >= 0.3 is 6.03 Å². The van der Waals surface area contributed by atoms with Crippen LogP contribution in [0.4, 0.5) is 16.2 Å². The smallest absolute Gasteiger partial charge is 0.308 e. The van der Waals surface area contributed by atoms with Gasteiger partial charge in [0.1, 0.15) is 0 Å². The fraction of sp³-hybridized carbons (Fsp3) is 0.0714. The molecule has 2 aromatic carbocycles. The lowest BCUT2D eigenvalue weighted by Gasteiger charge is -2.08. The highest BCUT2D eigenvalue weighted by atomic mass is 32.2. The van der Waals surface area contributed by atoms with Gasteiger partial charge in [0.05, 0.1) is 4.90 Å². The minimum Gasteiger partial charge on any atom is -0.308 e. The lowest BCUT2D eigenvalue weighted by molar-refractivity contribution is 0.262. The first kappa shape index (κ1) is 15.0. The molecular formula is C14H15N3O3S. The van der Waals surface area contributed by atoms with Gasteiger partial charge in [-0.15, -0.1) is 0 Å². The van der Waals surface area contributed by atoms with Gasteiger partial charge in [0.25, 0.3) is 0 Å². The second-order valence-corrected chi connectivity index (χ2v) is 6.08. The van der Waals surface area contributed by atoms with Crippen LogP contribution in [0.1, 0.15) is 5.56 Å². The Morgan fingerprint density at radius 3 is 2.19 bits per heavy atom. The van der Waals surface area contributed by atoms with E-state index in [0.29, 0.717) is 11.4 Å². The SMILES string of the molecule is Cc1cccc(NC(=O)Nc2ccc(S(N)(=O)=O)cc2)c1. The number of sulfonamides is 1. The molecule has 0 atom stereocenters. The van der Waals surface area contributed by atoms with Crippen LogP contribution in [0.3, 0.4) is 0 Å². The number of rotatable bonds is 3. The maximum Gasteiger partial charge on any atom is 0.323 e. The van der Waals surface area contributed by atoms with Crippen molar-refractivity contribution in [3.8, 4) is 0 Å². The van der Waals surface area contributed by atoms with E-state index < -0.39 is 16.1 Å². The van der Waals surface area contributed by atoms with Crippen molar-refractivity contribution >= 4 is 27.4 Å². The first-order valence-corrected chi connectivity index (χ1v) is 7.67. The number of aryl methyl sites for hydroxylation is 1. The normalized spacial score (nSPS) is 11.0. The van der Waals surface area contributed by atoms with Crippen molar-refractivity contribution in [2.24, 2.45) is 5.14 Å². The Bertz CT molecular complexity index is 755. The molecule has 0 saturated heterocycles. The lowest BCUT2D eigenvalue weighted by atomic mass is 10.2. The summed E-state index contributed by atoms with van der Waals surface area (Å²) in [7, 11) is -3.73. The van der Waals surface area contributed by atoms with Gasteiger partial charge in [-0.25, -0.2) is 18.4 Å². The van der Waals surface area contributed by atoms with E-state index >= 15 is 0 Å². The lowest BCUT2D eigenvalue weighted by Crippen LogP contribution is -2.19. The summed E-state index contributed by atoms with van der Waals surface area (Å²) in [5.74, 6) is 0. The summed E-state index contributed by atoms with van der Waals surface area (Å²) in [4.78, 5) is 11.8. The number of anilines is 2. The molecule has 0 unspecified atom stereocenters. The van der Waals surface area contributed by atoms with Crippen molar-refractivity contribution in [2.75, 3.05) is 10.6 Å². The molecule has 0 spiro atoms. The highest BCUT2D eigenvalue weighted by Gasteiger charge is 2.08. The van der Waals surface area contributed by atoms with E-state index in [9.17, 15) is 13.2 Å². The Kier molecular flexibility index (Phi) is 4.25. The summed E-state index contributed by atoms with van der Waals surface area (Å²) < 4.78 is 22.2. The van der Waals surface area contributed by atoms with Crippen molar-refractivity contribution in [2.45, 2.75) is 11.8 Å². The molecular weight excluding hydrogens is 290 g/mol. The van der Waals surface area contributed by atoms with Crippen LogP contribution in [-0.2, 0) is 10.0 Å². The van der Waals surface area contributed by atoms with Crippen molar-refractivity contribution in [1.82, 2.24) is 0 Å². The van der Waals surface area contributed by atoms with E-state index in [1.54, 1.807) is 6.07 Å². The number of urea groups is 1. The molecule has 7 heteroatoms. The Morgan fingerprint density at radius 2 is 1.62 bits per heavy atom. The summed E-state index contributed by atoms with van der Waals surface area (Å²) in [5.41, 5.74) is 2.17. The number of primary sulfonamides is 1. The number of nitrogens with one attached hydrogen (secondary N) is 2. The second kappa shape index (κ2) is 5.94. The third-order valence-electron chi connectivity index (χ3n) is 2.72. The Morgan fingerprint density at radius 1 is 1.00 bits per heavy atom. The summed E-state index contributed by atoms with van der Waals surface area (Å²) in [5, 5.41) is 10.3. The van der Waals surface area contributed by atoms with Gasteiger partial charge in [-0.3, -0.25) is 0 Å². The summed E-state index contributed by atoms with van der Waals surface area (Å²) in [6, 6.07) is 12.6. The van der Waals surface area contributed by atoms with E-state index in [2.05, 4.69) is 10.6 Å². The predicted octanol–water partition coefficient (Wildman–Crippen LogP) is 2.29. The largest absolute Gasteiger partial charge is 0.323 e. The van der Waals surface area contributed by atoms with Gasteiger partial charge in [-0.05, 0) is 48.9 Å². The van der Waals surface area contributed by atoms with Crippen molar-refractivity contribution in [1.29, 1.82) is 0 Å². The summed E-state index contributed by atoms with van der Waals surface area (Å²) >= 11 is 0. The second-order valence-electron chi connectivity index (χ2n) is 4.52. The van der Waals surface area contributed by atoms with Crippen LogP contribution in [-0.4, -0.2) is 14.4 Å². The van der Waals surface area contributed by atoms with Crippen LogP contribution in [0.15, 0.2) is 53.4 Å². The van der Waals surface area contributed by atoms with Crippen molar-refractivity contribution in [3.63, 3.8) is 0 Å². The standard InChI is InChI=1S/C14H15N3O3S/c1-10-3-2-4-12(9-10)17-14(18)16-11-5-7-13(8-6-11)21(15,19)20/h2-9H,1H3,(H2,15,19,20)(H2,16,17,18). The molecule has 110 valence electrons. The van der Waals surface area contributed by atoms with Gasteiger partial charge in [-0.1, -0.05) is 12.1 Å². The molecule has 4 N–H and O–H groups in total. The molecule has 0 radical (unpaired) electrons. The Labute approximate surface area is 123 Å². The highest BCUT2D eigenvalue weighted by molar-refractivity contribution is 7.89. The molecule has 6 nitrogen and oxygen atoms in total. The Balaban J connectivity index is 2.03. The number of amides is 2. The molecule has 0 aromatic heterocycles. The molecule has 0 aliphatic carbocycles. The predicted molar refractivity (Wildman–Crippen MR) is 81.6 cm³/mol. The van der Waals surface area contributed by atoms with E-state index in [1.807, 2.05) is 25.1 Å². The minimum absolute atomic E-state index is 0.00728. The maximum atomic E-state index is 11.8. The molecule has 21 heavy (non-hydrogen) atoms. The third-order valence-corrected chi connectivity index (χ3v) is 3.65. The third kappa shape index (κ3) is 4.30. The minimum atomic E-state index is -3.73. The Hall–Kier alpha value is -2.38. The van der Waals surface area contributed by atoms with Crippen LogP contribution in [0, 0.1) is 6.92 Å². The van der Waals surface area contributed by atoms with Gasteiger partial charge in [0.15, 0.2) is 0 Å². The first-order valence-electron chi connectivity index (χ1n) is 6.12. The average molecular weight is 305 g/mol. The molecule has 0 aliphatic rings.